The number of rotatable bonds is 8. The van der Waals surface area contributed by atoms with Crippen LogP contribution in [0, 0.1) is 0 Å². The number of nitrogens with one attached hydrogen (secondary N) is 4. The molecule has 0 atom stereocenters. The van der Waals surface area contributed by atoms with Gasteiger partial charge in [-0.15, -0.1) is 0 Å². The zero-order valence-corrected chi connectivity index (χ0v) is 27.0. The van der Waals surface area contributed by atoms with E-state index in [1.807, 2.05) is 120 Å². The lowest BCUT2D eigenvalue weighted by Gasteiger charge is -2.19. The molecule has 0 radical (unpaired) electrons. The molecule has 5 aromatic rings. The molecule has 0 fully saturated rings. The molecule has 5 rings (SSSR count). The fraction of sp³-hybridized carbons (Fsp3) is 0.278. The maximum absolute atomic E-state index is 12.0. The van der Waals surface area contributed by atoms with E-state index in [1.165, 1.54) is 0 Å². The second-order valence-electron chi connectivity index (χ2n) is 13.0. The number of alkyl carbamates (subject to hydrolysis) is 2. The van der Waals surface area contributed by atoms with Crippen LogP contribution < -0.4 is 10.6 Å². The summed E-state index contributed by atoms with van der Waals surface area (Å²) in [5.41, 5.74) is 8.17. The molecule has 10 nitrogen and oxygen atoms in total. The Bertz CT molecular complexity index is 1660. The van der Waals surface area contributed by atoms with Crippen LogP contribution in [0.4, 0.5) is 9.59 Å². The summed E-state index contributed by atoms with van der Waals surface area (Å²) in [5.74, 6) is 0. The first-order chi connectivity index (χ1) is 21.8. The minimum atomic E-state index is -0.536. The SMILES string of the molecule is CC(C)(C)OC(=O)NCc1ccc(-c2cc(-c3cccc(-c4cc(-c5ccc(CNC(=O)OC(C)(C)C)cc5)[nH]n4)c3)n[nH]2)cc1. The average Bonchev–Trinajstić information content (AvgIpc) is 3.69. The lowest BCUT2D eigenvalue weighted by Crippen LogP contribution is -2.32. The molecule has 2 heterocycles. The second-order valence-corrected chi connectivity index (χ2v) is 13.0. The van der Waals surface area contributed by atoms with Crippen molar-refractivity contribution in [2.24, 2.45) is 0 Å². The molecule has 2 amide bonds. The number of aromatic nitrogens is 4. The van der Waals surface area contributed by atoms with Crippen LogP contribution in [0.5, 0.6) is 0 Å². The van der Waals surface area contributed by atoms with Gasteiger partial charge in [0.1, 0.15) is 11.2 Å². The van der Waals surface area contributed by atoms with Gasteiger partial charge in [-0.2, -0.15) is 10.2 Å². The van der Waals surface area contributed by atoms with Gasteiger partial charge in [0.05, 0.1) is 22.8 Å². The first-order valence-corrected chi connectivity index (χ1v) is 15.2. The molecule has 0 aliphatic heterocycles. The van der Waals surface area contributed by atoms with Gasteiger partial charge in [-0.3, -0.25) is 10.2 Å². The van der Waals surface area contributed by atoms with Crippen LogP contribution in [0.2, 0.25) is 0 Å². The van der Waals surface area contributed by atoms with Crippen molar-refractivity contribution in [3.05, 3.63) is 96.1 Å². The van der Waals surface area contributed by atoms with Gasteiger partial charge >= 0.3 is 12.2 Å². The number of benzene rings is 3. The molecule has 3 aromatic carbocycles. The standard InChI is InChI=1S/C36H40N6O4/c1-35(2,3)45-33(43)37-21-23-10-14-25(15-11-23)29-19-31(41-39-29)27-8-7-9-28(18-27)32-20-30(40-42-32)26-16-12-24(13-17-26)22-38-34(44)46-36(4,5)6/h7-20H,21-22H2,1-6H3,(H,37,43)(H,38,44)(H,39,41)(H,40,42). The molecular weight excluding hydrogens is 580 g/mol. The molecule has 0 saturated heterocycles. The van der Waals surface area contributed by atoms with Crippen LogP contribution in [-0.2, 0) is 22.6 Å². The predicted molar refractivity (Wildman–Crippen MR) is 179 cm³/mol. The number of nitrogens with zero attached hydrogens (tertiary/aromatic N) is 2. The van der Waals surface area contributed by atoms with Gasteiger partial charge in [0, 0.05) is 24.2 Å². The number of amides is 2. The average molecular weight is 621 g/mol. The molecule has 2 aromatic heterocycles. The fourth-order valence-electron chi connectivity index (χ4n) is 4.65. The number of aromatic amines is 2. The molecule has 0 aliphatic carbocycles. The third-order valence-corrected chi connectivity index (χ3v) is 6.81. The topological polar surface area (TPSA) is 134 Å². The lowest BCUT2D eigenvalue weighted by molar-refractivity contribution is 0.0512. The minimum Gasteiger partial charge on any atom is -0.444 e. The van der Waals surface area contributed by atoms with Crippen molar-refractivity contribution >= 4 is 12.2 Å². The number of hydrogen-bond acceptors (Lipinski definition) is 6. The van der Waals surface area contributed by atoms with Gasteiger partial charge in [-0.1, -0.05) is 66.7 Å². The Labute approximate surface area is 268 Å². The number of hydrogen-bond donors (Lipinski definition) is 4. The van der Waals surface area contributed by atoms with Gasteiger partial charge in [0.2, 0.25) is 0 Å². The molecule has 0 unspecified atom stereocenters. The van der Waals surface area contributed by atoms with Crippen molar-refractivity contribution in [1.82, 2.24) is 31.0 Å². The summed E-state index contributed by atoms with van der Waals surface area (Å²) in [4.78, 5) is 23.9. The Balaban J connectivity index is 1.21. The molecule has 0 saturated carbocycles. The molecule has 0 spiro atoms. The molecule has 0 aliphatic rings. The Morgan fingerprint density at radius 2 is 0.978 bits per heavy atom. The first-order valence-electron chi connectivity index (χ1n) is 15.2. The van der Waals surface area contributed by atoms with Crippen LogP contribution in [0.25, 0.3) is 45.0 Å². The summed E-state index contributed by atoms with van der Waals surface area (Å²) >= 11 is 0. The normalized spacial score (nSPS) is 11.6. The highest BCUT2D eigenvalue weighted by molar-refractivity contribution is 5.75. The van der Waals surface area contributed by atoms with Crippen molar-refractivity contribution in [3.8, 4) is 45.0 Å². The highest BCUT2D eigenvalue weighted by atomic mass is 16.6. The van der Waals surface area contributed by atoms with E-state index < -0.39 is 23.4 Å². The van der Waals surface area contributed by atoms with E-state index in [9.17, 15) is 9.59 Å². The van der Waals surface area contributed by atoms with Gasteiger partial charge in [0.25, 0.3) is 0 Å². The Hall–Kier alpha value is -5.38. The van der Waals surface area contributed by atoms with E-state index in [0.29, 0.717) is 13.1 Å². The summed E-state index contributed by atoms with van der Waals surface area (Å²) in [6.07, 6.45) is -0.883. The van der Waals surface area contributed by atoms with E-state index in [4.69, 9.17) is 9.47 Å². The minimum absolute atomic E-state index is 0.379. The second kappa shape index (κ2) is 13.3. The van der Waals surface area contributed by atoms with Crippen molar-refractivity contribution in [2.45, 2.75) is 65.8 Å². The van der Waals surface area contributed by atoms with Crippen molar-refractivity contribution in [3.63, 3.8) is 0 Å². The molecule has 4 N–H and O–H groups in total. The highest BCUT2D eigenvalue weighted by Crippen LogP contribution is 2.29. The fourth-order valence-corrected chi connectivity index (χ4v) is 4.65. The largest absolute Gasteiger partial charge is 0.444 e. The predicted octanol–water partition coefficient (Wildman–Crippen LogP) is 7.85. The van der Waals surface area contributed by atoms with E-state index in [2.05, 4.69) is 37.1 Å². The van der Waals surface area contributed by atoms with Crippen LogP contribution >= 0.6 is 0 Å². The highest BCUT2D eigenvalue weighted by Gasteiger charge is 2.17. The van der Waals surface area contributed by atoms with E-state index in [0.717, 1.165) is 56.2 Å². The monoisotopic (exact) mass is 620 g/mol. The van der Waals surface area contributed by atoms with Crippen molar-refractivity contribution in [1.29, 1.82) is 0 Å². The summed E-state index contributed by atoms with van der Waals surface area (Å²) in [6, 6.07) is 28.0. The summed E-state index contributed by atoms with van der Waals surface area (Å²) < 4.78 is 10.6. The van der Waals surface area contributed by atoms with Gasteiger partial charge in [-0.05, 0) is 82.0 Å². The molecule has 238 valence electrons. The number of carbonyl (C=O) groups is 2. The van der Waals surface area contributed by atoms with Crippen molar-refractivity contribution in [2.75, 3.05) is 0 Å². The number of ether oxygens (including phenoxy) is 2. The number of carbonyl (C=O) groups excluding carboxylic acids is 2. The molecular formula is C36H40N6O4. The third kappa shape index (κ3) is 8.84. The zero-order valence-electron chi connectivity index (χ0n) is 27.0. The van der Waals surface area contributed by atoms with Crippen LogP contribution in [-0.4, -0.2) is 43.8 Å². The third-order valence-electron chi connectivity index (χ3n) is 6.81. The molecule has 10 heteroatoms. The zero-order chi connectivity index (χ0) is 32.9. The lowest BCUT2D eigenvalue weighted by atomic mass is 10.0. The summed E-state index contributed by atoms with van der Waals surface area (Å²) in [6.45, 7) is 11.8. The Kier molecular flexibility index (Phi) is 9.27. The molecule has 0 bridgehead atoms. The summed E-state index contributed by atoms with van der Waals surface area (Å²) in [7, 11) is 0. The maximum atomic E-state index is 12.0. The van der Waals surface area contributed by atoms with Crippen LogP contribution in [0.15, 0.2) is 84.9 Å². The quantitative estimate of drug-likeness (QED) is 0.140. The van der Waals surface area contributed by atoms with E-state index >= 15 is 0 Å². The van der Waals surface area contributed by atoms with E-state index in [1.54, 1.807) is 0 Å². The smallest absolute Gasteiger partial charge is 0.407 e. The maximum Gasteiger partial charge on any atom is 0.407 e. The van der Waals surface area contributed by atoms with Gasteiger partial charge in [0.15, 0.2) is 0 Å². The summed E-state index contributed by atoms with van der Waals surface area (Å²) in [5, 5.41) is 21.0. The van der Waals surface area contributed by atoms with Crippen molar-refractivity contribution < 1.29 is 19.1 Å². The van der Waals surface area contributed by atoms with Gasteiger partial charge in [-0.25, -0.2) is 9.59 Å². The molecule has 46 heavy (non-hydrogen) atoms. The Morgan fingerprint density at radius 1 is 0.587 bits per heavy atom. The number of H-pyrrole nitrogens is 2. The first kappa shape index (κ1) is 32.0. The van der Waals surface area contributed by atoms with Crippen LogP contribution in [0.1, 0.15) is 52.7 Å². The van der Waals surface area contributed by atoms with Gasteiger partial charge < -0.3 is 20.1 Å². The van der Waals surface area contributed by atoms with E-state index in [-0.39, 0.29) is 0 Å². The van der Waals surface area contributed by atoms with Crippen LogP contribution in [0.3, 0.4) is 0 Å². The Morgan fingerprint density at radius 3 is 1.35 bits per heavy atom.